The fourth-order valence-corrected chi connectivity index (χ4v) is 2.75. The van der Waals surface area contributed by atoms with E-state index in [1.807, 2.05) is 26.0 Å². The first-order valence-electron chi connectivity index (χ1n) is 6.42. The Morgan fingerprint density at radius 2 is 1.20 bits per heavy atom. The normalized spacial score (nSPS) is 11.3. The van der Waals surface area contributed by atoms with Gasteiger partial charge in [-0.05, 0) is 36.1 Å². The van der Waals surface area contributed by atoms with E-state index in [2.05, 4.69) is 36.4 Å². The molecule has 2 aromatic carbocycles. The van der Waals surface area contributed by atoms with Crippen LogP contribution in [0.5, 0.6) is 0 Å². The van der Waals surface area contributed by atoms with Crippen molar-refractivity contribution in [2.24, 2.45) is 0 Å². The number of aryl methyl sites for hydroxylation is 2. The molecule has 0 radical (unpaired) electrons. The molecular weight excluding hydrogens is 244 g/mol. The van der Waals surface area contributed by atoms with Gasteiger partial charge in [-0.3, -0.25) is 0 Å². The van der Waals surface area contributed by atoms with Crippen molar-refractivity contribution in [2.45, 2.75) is 13.8 Å². The van der Waals surface area contributed by atoms with Gasteiger partial charge in [0.1, 0.15) is 17.7 Å². The van der Waals surface area contributed by atoms with Crippen LogP contribution in [0.4, 0.5) is 0 Å². The van der Waals surface area contributed by atoms with Crippen LogP contribution in [0.15, 0.2) is 42.0 Å². The van der Waals surface area contributed by atoms with E-state index < -0.39 is 0 Å². The topological polar surface area (TPSA) is 47.6 Å². The van der Waals surface area contributed by atoms with Crippen molar-refractivity contribution < 1.29 is 0 Å². The Labute approximate surface area is 118 Å². The van der Waals surface area contributed by atoms with E-state index in [1.165, 1.54) is 0 Å². The lowest BCUT2D eigenvalue weighted by Crippen LogP contribution is -1.88. The van der Waals surface area contributed by atoms with Crippen LogP contribution in [0.3, 0.4) is 0 Å². The molecule has 3 rings (SSSR count). The Morgan fingerprint density at radius 1 is 0.750 bits per heavy atom. The average molecular weight is 256 g/mol. The van der Waals surface area contributed by atoms with E-state index in [4.69, 9.17) is 0 Å². The molecule has 0 spiro atoms. The third-order valence-electron chi connectivity index (χ3n) is 3.65. The number of fused-ring (bicyclic) bond motifs is 3. The van der Waals surface area contributed by atoms with Crippen LogP contribution >= 0.6 is 0 Å². The number of nitriles is 2. The van der Waals surface area contributed by atoms with E-state index in [1.54, 1.807) is 0 Å². The maximum atomic E-state index is 9.25. The zero-order valence-electron chi connectivity index (χ0n) is 11.4. The molecule has 0 unspecified atom stereocenters. The predicted octanol–water partition coefficient (Wildman–Crippen LogP) is 4.13. The second-order valence-corrected chi connectivity index (χ2v) is 5.07. The van der Waals surface area contributed by atoms with Gasteiger partial charge in [0.25, 0.3) is 0 Å². The van der Waals surface area contributed by atoms with Crippen LogP contribution in [0, 0.1) is 36.5 Å². The smallest absolute Gasteiger partial charge is 0.138 e. The summed E-state index contributed by atoms with van der Waals surface area (Å²) in [5, 5.41) is 18.5. The maximum absolute atomic E-state index is 9.25. The molecule has 1 aliphatic rings. The van der Waals surface area contributed by atoms with E-state index in [0.29, 0.717) is 0 Å². The van der Waals surface area contributed by atoms with Crippen molar-refractivity contribution in [1.82, 2.24) is 0 Å². The molecule has 0 fully saturated rings. The molecule has 0 bridgehead atoms. The number of benzene rings is 2. The first-order chi connectivity index (χ1) is 9.65. The monoisotopic (exact) mass is 256 g/mol. The van der Waals surface area contributed by atoms with Gasteiger partial charge >= 0.3 is 0 Å². The molecule has 0 atom stereocenters. The lowest BCUT2D eigenvalue weighted by atomic mass is 9.97. The van der Waals surface area contributed by atoms with Crippen molar-refractivity contribution >= 4 is 5.57 Å². The van der Waals surface area contributed by atoms with Crippen LogP contribution in [0.25, 0.3) is 16.7 Å². The van der Waals surface area contributed by atoms with E-state index >= 15 is 0 Å². The Bertz CT molecular complexity index is 773. The molecule has 0 N–H and O–H groups in total. The maximum Gasteiger partial charge on any atom is 0.138 e. The number of hydrogen-bond donors (Lipinski definition) is 0. The Kier molecular flexibility index (Phi) is 2.67. The zero-order chi connectivity index (χ0) is 14.3. The lowest BCUT2D eigenvalue weighted by molar-refractivity contribution is 1.43. The van der Waals surface area contributed by atoms with Crippen LogP contribution in [-0.4, -0.2) is 0 Å². The second-order valence-electron chi connectivity index (χ2n) is 5.07. The van der Waals surface area contributed by atoms with Crippen molar-refractivity contribution in [3.05, 3.63) is 64.2 Å². The molecule has 0 aliphatic heterocycles. The molecule has 20 heavy (non-hydrogen) atoms. The van der Waals surface area contributed by atoms with Crippen molar-refractivity contribution in [1.29, 1.82) is 10.5 Å². The van der Waals surface area contributed by atoms with Gasteiger partial charge in [0.05, 0.1) is 0 Å². The van der Waals surface area contributed by atoms with Gasteiger partial charge in [-0.2, -0.15) is 10.5 Å². The van der Waals surface area contributed by atoms with Gasteiger partial charge in [0.2, 0.25) is 0 Å². The summed E-state index contributed by atoms with van der Waals surface area (Å²) < 4.78 is 0. The minimum atomic E-state index is 0.182. The fraction of sp³-hybridized carbons (Fsp3) is 0.111. The summed E-state index contributed by atoms with van der Waals surface area (Å²) in [6, 6.07) is 16.4. The van der Waals surface area contributed by atoms with Gasteiger partial charge in [0.15, 0.2) is 0 Å². The number of nitrogens with zero attached hydrogens (tertiary/aromatic N) is 2. The SMILES string of the molecule is Cc1ccc2c(c1)C(=C(C#N)C#N)c1cc(C)ccc1-2. The molecule has 0 saturated carbocycles. The van der Waals surface area contributed by atoms with E-state index in [0.717, 1.165) is 39.0 Å². The van der Waals surface area contributed by atoms with Crippen LogP contribution in [0.1, 0.15) is 22.3 Å². The highest BCUT2D eigenvalue weighted by Crippen LogP contribution is 2.46. The summed E-state index contributed by atoms with van der Waals surface area (Å²) in [5.74, 6) is 0. The second kappa shape index (κ2) is 4.37. The molecule has 0 aromatic heterocycles. The molecule has 2 aromatic rings. The average Bonchev–Trinajstić information content (AvgIpc) is 2.74. The highest BCUT2D eigenvalue weighted by Gasteiger charge is 2.26. The summed E-state index contributed by atoms with van der Waals surface area (Å²) in [6.45, 7) is 4.04. The quantitative estimate of drug-likeness (QED) is 0.568. The minimum absolute atomic E-state index is 0.182. The molecule has 2 nitrogen and oxygen atoms in total. The first kappa shape index (κ1) is 12.2. The molecule has 1 aliphatic carbocycles. The first-order valence-corrected chi connectivity index (χ1v) is 6.42. The van der Waals surface area contributed by atoms with Crippen molar-refractivity contribution in [2.75, 3.05) is 0 Å². The lowest BCUT2D eigenvalue weighted by Gasteiger charge is -2.03. The van der Waals surface area contributed by atoms with Crippen LogP contribution in [0.2, 0.25) is 0 Å². The predicted molar refractivity (Wildman–Crippen MR) is 78.6 cm³/mol. The summed E-state index contributed by atoms with van der Waals surface area (Å²) in [4.78, 5) is 0. The Hall–Kier alpha value is -2.84. The molecular formula is C18H12N2. The summed E-state index contributed by atoms with van der Waals surface area (Å²) in [7, 11) is 0. The van der Waals surface area contributed by atoms with Gasteiger partial charge in [-0.25, -0.2) is 0 Å². The molecule has 94 valence electrons. The highest BCUT2D eigenvalue weighted by molar-refractivity contribution is 6.04. The Morgan fingerprint density at radius 3 is 1.60 bits per heavy atom. The zero-order valence-corrected chi connectivity index (χ0v) is 11.4. The van der Waals surface area contributed by atoms with Gasteiger partial charge in [-0.1, -0.05) is 47.5 Å². The molecule has 0 heterocycles. The number of allylic oxidation sites excluding steroid dienone is 1. The largest absolute Gasteiger partial charge is 0.192 e. The van der Waals surface area contributed by atoms with E-state index in [9.17, 15) is 10.5 Å². The summed E-state index contributed by atoms with van der Waals surface area (Å²) >= 11 is 0. The van der Waals surface area contributed by atoms with Gasteiger partial charge in [-0.15, -0.1) is 0 Å². The third-order valence-corrected chi connectivity index (χ3v) is 3.65. The molecule has 2 heteroatoms. The van der Waals surface area contributed by atoms with Gasteiger partial charge in [0, 0.05) is 5.57 Å². The van der Waals surface area contributed by atoms with Crippen LogP contribution in [-0.2, 0) is 0 Å². The molecule has 0 saturated heterocycles. The highest BCUT2D eigenvalue weighted by atomic mass is 14.3. The summed E-state index contributed by atoms with van der Waals surface area (Å²) in [6.07, 6.45) is 0. The van der Waals surface area contributed by atoms with Crippen molar-refractivity contribution in [3.8, 4) is 23.3 Å². The summed E-state index contributed by atoms with van der Waals surface area (Å²) in [5.41, 5.74) is 7.38. The standard InChI is InChI=1S/C18H12N2/c1-11-3-5-14-15-6-4-12(2)8-17(15)18(16(14)7-11)13(9-19)10-20/h3-8H,1-2H3. The third kappa shape index (κ3) is 1.63. The van der Waals surface area contributed by atoms with E-state index in [-0.39, 0.29) is 5.57 Å². The number of hydrogen-bond acceptors (Lipinski definition) is 2. The molecule has 0 amide bonds. The fourth-order valence-electron chi connectivity index (χ4n) is 2.75. The number of rotatable bonds is 0. The Balaban J connectivity index is 2.47. The van der Waals surface area contributed by atoms with Crippen LogP contribution < -0.4 is 0 Å². The van der Waals surface area contributed by atoms with Gasteiger partial charge < -0.3 is 0 Å². The minimum Gasteiger partial charge on any atom is -0.192 e. The van der Waals surface area contributed by atoms with Crippen molar-refractivity contribution in [3.63, 3.8) is 0 Å².